The first-order chi connectivity index (χ1) is 8.78. The van der Waals surface area contributed by atoms with Gasteiger partial charge in [0.25, 0.3) is 0 Å². The average Bonchev–Trinajstić information content (AvgIpc) is 3.00. The Morgan fingerprint density at radius 2 is 2.56 bits per heavy atom. The highest BCUT2D eigenvalue weighted by Crippen LogP contribution is 2.19. The number of thiazole rings is 1. The summed E-state index contributed by atoms with van der Waals surface area (Å²) in [7, 11) is 0. The van der Waals surface area contributed by atoms with E-state index in [0.29, 0.717) is 12.1 Å². The fourth-order valence-electron chi connectivity index (χ4n) is 2.46. The van der Waals surface area contributed by atoms with Gasteiger partial charge in [0.2, 0.25) is 0 Å². The van der Waals surface area contributed by atoms with Gasteiger partial charge in [0.1, 0.15) is 0 Å². The number of nitrogens with one attached hydrogen (secondary N) is 1. The van der Waals surface area contributed by atoms with Crippen molar-refractivity contribution in [1.29, 1.82) is 0 Å². The molecule has 0 aliphatic carbocycles. The molecule has 18 heavy (non-hydrogen) atoms. The molecule has 2 heterocycles. The summed E-state index contributed by atoms with van der Waals surface area (Å²) in [5, 5.41) is 3.25. The number of rotatable bonds is 7. The van der Waals surface area contributed by atoms with E-state index in [1.54, 1.807) is 11.3 Å². The van der Waals surface area contributed by atoms with E-state index in [9.17, 15) is 0 Å². The van der Waals surface area contributed by atoms with Crippen LogP contribution in [0.4, 0.5) is 0 Å². The van der Waals surface area contributed by atoms with Crippen LogP contribution in [-0.2, 0) is 11.2 Å². The van der Waals surface area contributed by atoms with Crippen LogP contribution in [-0.4, -0.2) is 23.7 Å². The van der Waals surface area contributed by atoms with Crippen LogP contribution in [0.3, 0.4) is 0 Å². The van der Waals surface area contributed by atoms with Crippen LogP contribution in [0.2, 0.25) is 0 Å². The maximum absolute atomic E-state index is 5.63. The van der Waals surface area contributed by atoms with Gasteiger partial charge in [0, 0.05) is 24.4 Å². The molecule has 1 aromatic heterocycles. The van der Waals surface area contributed by atoms with Gasteiger partial charge in [0.15, 0.2) is 0 Å². The summed E-state index contributed by atoms with van der Waals surface area (Å²) in [6, 6.07) is 0.327. The van der Waals surface area contributed by atoms with Gasteiger partial charge < -0.3 is 4.74 Å². The first-order valence-electron chi connectivity index (χ1n) is 6.76. The third-order valence-electron chi connectivity index (χ3n) is 3.46. The van der Waals surface area contributed by atoms with Crippen LogP contribution in [0.15, 0.2) is 5.38 Å². The molecule has 1 saturated heterocycles. The summed E-state index contributed by atoms with van der Waals surface area (Å²) in [6.45, 7) is 2.98. The summed E-state index contributed by atoms with van der Waals surface area (Å²) in [6.07, 6.45) is 7.29. The molecule has 1 aliphatic heterocycles. The normalized spacial score (nSPS) is 21.3. The second-order valence-electron chi connectivity index (χ2n) is 4.99. The molecule has 0 bridgehead atoms. The molecule has 0 amide bonds. The van der Waals surface area contributed by atoms with E-state index in [-0.39, 0.29) is 0 Å². The lowest BCUT2D eigenvalue weighted by Crippen LogP contribution is -2.37. The van der Waals surface area contributed by atoms with Gasteiger partial charge in [-0.2, -0.15) is 0 Å². The molecule has 5 heteroatoms. The lowest BCUT2D eigenvalue weighted by Gasteiger charge is -2.16. The van der Waals surface area contributed by atoms with Crippen LogP contribution >= 0.6 is 11.3 Å². The van der Waals surface area contributed by atoms with Crippen LogP contribution < -0.4 is 11.3 Å². The monoisotopic (exact) mass is 269 g/mol. The number of hydrogen-bond acceptors (Lipinski definition) is 5. The highest BCUT2D eigenvalue weighted by atomic mass is 32.1. The fraction of sp³-hybridized carbons (Fsp3) is 0.769. The molecule has 102 valence electrons. The highest BCUT2D eigenvalue weighted by molar-refractivity contribution is 7.09. The first-order valence-corrected chi connectivity index (χ1v) is 7.64. The maximum atomic E-state index is 5.63. The minimum atomic E-state index is 0.327. The second-order valence-corrected chi connectivity index (χ2v) is 6.05. The van der Waals surface area contributed by atoms with Crippen molar-refractivity contribution in [2.75, 3.05) is 6.61 Å². The van der Waals surface area contributed by atoms with E-state index in [1.165, 1.54) is 19.3 Å². The molecule has 1 fully saturated rings. The first kappa shape index (κ1) is 13.9. The number of aryl methyl sites for hydroxylation is 1. The number of nitrogens with zero attached hydrogens (tertiary/aromatic N) is 1. The van der Waals surface area contributed by atoms with Crippen molar-refractivity contribution >= 4 is 11.3 Å². The third kappa shape index (κ3) is 4.31. The molecule has 0 radical (unpaired) electrons. The Morgan fingerprint density at radius 3 is 3.17 bits per heavy atom. The molecule has 1 aliphatic rings. The Labute approximate surface area is 113 Å². The molecule has 1 aromatic rings. The third-order valence-corrected chi connectivity index (χ3v) is 4.28. The molecular formula is C13H23N3OS. The SMILES string of the molecule is Cc1nc(CC(CCCC2CCCO2)NN)cs1. The molecular weight excluding hydrogens is 246 g/mol. The van der Waals surface area contributed by atoms with E-state index >= 15 is 0 Å². The number of ether oxygens (including phenoxy) is 1. The minimum Gasteiger partial charge on any atom is -0.378 e. The van der Waals surface area contributed by atoms with Gasteiger partial charge in [-0.15, -0.1) is 11.3 Å². The van der Waals surface area contributed by atoms with Gasteiger partial charge in [-0.3, -0.25) is 11.3 Å². The van der Waals surface area contributed by atoms with Gasteiger partial charge in [-0.25, -0.2) is 4.98 Å². The number of nitrogens with two attached hydrogens (primary N) is 1. The van der Waals surface area contributed by atoms with Crippen LogP contribution in [0.5, 0.6) is 0 Å². The summed E-state index contributed by atoms with van der Waals surface area (Å²) in [5.41, 5.74) is 4.06. The van der Waals surface area contributed by atoms with Gasteiger partial charge >= 0.3 is 0 Å². The summed E-state index contributed by atoms with van der Waals surface area (Å²) in [5.74, 6) is 5.62. The van der Waals surface area contributed by atoms with Crippen LogP contribution in [0, 0.1) is 6.92 Å². The van der Waals surface area contributed by atoms with Crippen molar-refractivity contribution in [2.24, 2.45) is 5.84 Å². The van der Waals surface area contributed by atoms with Gasteiger partial charge in [0.05, 0.1) is 16.8 Å². The van der Waals surface area contributed by atoms with Crippen molar-refractivity contribution in [1.82, 2.24) is 10.4 Å². The van der Waals surface area contributed by atoms with Crippen molar-refractivity contribution in [3.63, 3.8) is 0 Å². The summed E-state index contributed by atoms with van der Waals surface area (Å²) < 4.78 is 5.63. The highest BCUT2D eigenvalue weighted by Gasteiger charge is 2.16. The fourth-order valence-corrected chi connectivity index (χ4v) is 3.09. The van der Waals surface area contributed by atoms with Crippen molar-refractivity contribution in [3.8, 4) is 0 Å². The van der Waals surface area contributed by atoms with Crippen molar-refractivity contribution in [3.05, 3.63) is 16.1 Å². The molecule has 2 atom stereocenters. The largest absolute Gasteiger partial charge is 0.378 e. The quantitative estimate of drug-likeness (QED) is 0.588. The number of hydrazine groups is 1. The lowest BCUT2D eigenvalue weighted by atomic mass is 10.0. The Hall–Kier alpha value is -0.490. The van der Waals surface area contributed by atoms with E-state index in [4.69, 9.17) is 10.6 Å². The molecule has 0 spiro atoms. The second kappa shape index (κ2) is 7.19. The molecule has 4 nitrogen and oxygen atoms in total. The number of hydrogen-bond donors (Lipinski definition) is 2. The molecule has 2 rings (SSSR count). The average molecular weight is 269 g/mol. The maximum Gasteiger partial charge on any atom is 0.0897 e. The van der Waals surface area contributed by atoms with Crippen molar-refractivity contribution < 1.29 is 4.74 Å². The van der Waals surface area contributed by atoms with E-state index in [1.807, 2.05) is 6.92 Å². The zero-order chi connectivity index (χ0) is 12.8. The minimum absolute atomic E-state index is 0.327. The molecule has 0 aromatic carbocycles. The van der Waals surface area contributed by atoms with Gasteiger partial charge in [-0.05, 0) is 39.0 Å². The molecule has 2 unspecified atom stereocenters. The molecule has 3 N–H and O–H groups in total. The van der Waals surface area contributed by atoms with Gasteiger partial charge in [-0.1, -0.05) is 0 Å². The zero-order valence-electron chi connectivity index (χ0n) is 11.0. The van der Waals surface area contributed by atoms with Crippen LogP contribution in [0.25, 0.3) is 0 Å². The topological polar surface area (TPSA) is 60.2 Å². The smallest absolute Gasteiger partial charge is 0.0897 e. The summed E-state index contributed by atoms with van der Waals surface area (Å²) in [4.78, 5) is 4.48. The Bertz CT molecular complexity index is 350. The lowest BCUT2D eigenvalue weighted by molar-refractivity contribution is 0.101. The predicted molar refractivity (Wildman–Crippen MR) is 74.5 cm³/mol. The molecule has 0 saturated carbocycles. The van der Waals surface area contributed by atoms with E-state index < -0.39 is 0 Å². The van der Waals surface area contributed by atoms with E-state index in [0.717, 1.165) is 36.6 Å². The Morgan fingerprint density at radius 1 is 1.67 bits per heavy atom. The zero-order valence-corrected chi connectivity index (χ0v) is 11.8. The number of aromatic nitrogens is 1. The Balaban J connectivity index is 1.68. The summed E-state index contributed by atoms with van der Waals surface area (Å²) >= 11 is 1.70. The van der Waals surface area contributed by atoms with E-state index in [2.05, 4.69) is 15.8 Å². The van der Waals surface area contributed by atoms with Crippen molar-refractivity contribution in [2.45, 2.75) is 57.6 Å². The predicted octanol–water partition coefficient (Wildman–Crippen LogP) is 2.18. The standard InChI is InChI=1S/C13H23N3OS/c1-10-15-12(9-18-10)8-11(16-14)4-2-5-13-6-3-7-17-13/h9,11,13,16H,2-8,14H2,1H3. The Kier molecular flexibility index (Phi) is 5.56. The van der Waals surface area contributed by atoms with Crippen LogP contribution in [0.1, 0.15) is 42.8 Å².